The van der Waals surface area contributed by atoms with E-state index in [0.29, 0.717) is 11.0 Å². The van der Waals surface area contributed by atoms with Gasteiger partial charge in [0.15, 0.2) is 6.54 Å². The lowest BCUT2D eigenvalue weighted by molar-refractivity contribution is -0.973. The number of carboxylic acid groups (broad SMARTS) is 1. The molecule has 6 heteroatoms. The molecule has 0 aromatic rings. The normalized spacial score (nSPS) is 14.4. The van der Waals surface area contributed by atoms with Crippen LogP contribution in [0.1, 0.15) is 220 Å². The minimum atomic E-state index is -0.788. The molecule has 0 amide bonds. The van der Waals surface area contributed by atoms with Crippen LogP contribution in [-0.4, -0.2) is 65.8 Å². The van der Waals surface area contributed by atoms with Gasteiger partial charge in [-0.15, -0.1) is 0 Å². The van der Waals surface area contributed by atoms with Crippen molar-refractivity contribution in [2.45, 2.75) is 233 Å². The Hall–Kier alpha value is -1.21. The number of aliphatic hydroxyl groups is 1. The molecule has 0 aliphatic carbocycles. The molecule has 0 bridgehead atoms. The molecule has 4 N–H and O–H groups in total. The van der Waals surface area contributed by atoms with Crippen LogP contribution in [0.2, 0.25) is 0 Å². The summed E-state index contributed by atoms with van der Waals surface area (Å²) in [6.45, 7) is 11.1. The predicted octanol–water partition coefficient (Wildman–Crippen LogP) is 12.6. The molecule has 0 spiro atoms. The number of hydrogen-bond donors (Lipinski definition) is 4. The summed E-state index contributed by atoms with van der Waals surface area (Å²) in [5.74, 6) is -0.788. The zero-order valence-corrected chi connectivity index (χ0v) is 35.5. The summed E-state index contributed by atoms with van der Waals surface area (Å²) in [6.07, 6.45) is 47.6. The molecule has 0 aliphatic rings. The molecular weight excluding hydrogens is 643 g/mol. The SMILES string of the molecule is CCCCCCCC/C=C\CCCCCCCCNC(CC)[N+](CCO)(CC(=O)O)C(CC)NCCCCCCCC/C=C\CCCCCCCC. The van der Waals surface area contributed by atoms with E-state index in [1.54, 1.807) is 0 Å². The summed E-state index contributed by atoms with van der Waals surface area (Å²) in [4.78, 5) is 12.2. The maximum atomic E-state index is 12.2. The summed E-state index contributed by atoms with van der Waals surface area (Å²) in [5, 5.41) is 27.7. The Kier molecular flexibility index (Phi) is 38.6. The Morgan fingerprint density at radius 1 is 0.500 bits per heavy atom. The van der Waals surface area contributed by atoms with Crippen molar-refractivity contribution >= 4 is 5.97 Å². The van der Waals surface area contributed by atoms with E-state index in [1.807, 2.05) is 0 Å². The first-order valence-electron chi connectivity index (χ1n) is 23.0. The van der Waals surface area contributed by atoms with Gasteiger partial charge < -0.3 is 10.2 Å². The van der Waals surface area contributed by atoms with Crippen molar-refractivity contribution in [2.24, 2.45) is 0 Å². The zero-order valence-electron chi connectivity index (χ0n) is 35.5. The molecule has 2 unspecified atom stereocenters. The second-order valence-corrected chi connectivity index (χ2v) is 15.7. The van der Waals surface area contributed by atoms with Crippen LogP contribution in [-0.2, 0) is 4.79 Å². The average Bonchev–Trinajstić information content (AvgIpc) is 3.13. The van der Waals surface area contributed by atoms with Gasteiger partial charge in [0.1, 0.15) is 18.9 Å². The predicted molar refractivity (Wildman–Crippen MR) is 228 cm³/mol. The minimum absolute atomic E-state index is 0.00340. The number of aliphatic hydroxyl groups excluding tert-OH is 1. The van der Waals surface area contributed by atoms with Crippen LogP contribution in [0, 0.1) is 0 Å². The topological polar surface area (TPSA) is 81.6 Å². The summed E-state index contributed by atoms with van der Waals surface area (Å²) in [7, 11) is 0. The molecule has 0 rings (SSSR count). The van der Waals surface area contributed by atoms with E-state index in [1.165, 1.54) is 167 Å². The first-order valence-corrected chi connectivity index (χ1v) is 23.0. The van der Waals surface area contributed by atoms with Gasteiger partial charge in [0.25, 0.3) is 0 Å². The van der Waals surface area contributed by atoms with Crippen LogP contribution in [0.15, 0.2) is 24.3 Å². The minimum Gasteiger partial charge on any atom is -0.477 e. The van der Waals surface area contributed by atoms with Crippen molar-refractivity contribution in [2.75, 3.05) is 32.8 Å². The van der Waals surface area contributed by atoms with E-state index in [0.717, 1.165) is 38.8 Å². The second-order valence-electron chi connectivity index (χ2n) is 15.7. The van der Waals surface area contributed by atoms with E-state index in [9.17, 15) is 15.0 Å². The van der Waals surface area contributed by atoms with Gasteiger partial charge in [-0.05, 0) is 64.2 Å². The number of nitrogens with zero attached hydrogens (tertiary/aromatic N) is 1. The standard InChI is InChI=1S/C46H91N3O3/c1-5-9-11-13-15-17-19-21-23-25-27-29-31-33-35-37-39-47-44(7-3)49(41-42-50,43-46(51)52)45(8-4)48-40-38-36-34-32-30-28-26-24-22-20-18-16-14-12-10-6-2/h21-24,44-45,47-48,50H,5-20,25-43H2,1-4H3/p+1/b23-21-,24-22-. The van der Waals surface area contributed by atoms with Gasteiger partial charge >= 0.3 is 5.97 Å². The molecule has 0 saturated heterocycles. The molecule has 0 radical (unpaired) electrons. The smallest absolute Gasteiger partial charge is 0.359 e. The number of nitrogens with one attached hydrogen (secondary N) is 2. The quantitative estimate of drug-likeness (QED) is 0.0217. The van der Waals surface area contributed by atoms with Crippen molar-refractivity contribution in [1.29, 1.82) is 0 Å². The highest BCUT2D eigenvalue weighted by Gasteiger charge is 2.43. The third-order valence-corrected chi connectivity index (χ3v) is 11.1. The van der Waals surface area contributed by atoms with Crippen LogP contribution in [0.3, 0.4) is 0 Å². The number of rotatable bonds is 42. The molecule has 0 heterocycles. The van der Waals surface area contributed by atoms with Crippen molar-refractivity contribution < 1.29 is 19.5 Å². The Labute approximate surface area is 325 Å². The van der Waals surface area contributed by atoms with Crippen LogP contribution in [0.4, 0.5) is 0 Å². The van der Waals surface area contributed by atoms with Crippen LogP contribution < -0.4 is 10.6 Å². The molecule has 0 aromatic carbocycles. The molecule has 2 atom stereocenters. The Morgan fingerprint density at radius 3 is 1.10 bits per heavy atom. The van der Waals surface area contributed by atoms with Crippen molar-refractivity contribution in [3.63, 3.8) is 0 Å². The van der Waals surface area contributed by atoms with E-state index in [-0.39, 0.29) is 25.5 Å². The number of aliphatic carboxylic acids is 1. The monoisotopic (exact) mass is 735 g/mol. The van der Waals surface area contributed by atoms with Gasteiger partial charge in [-0.1, -0.05) is 168 Å². The number of allylic oxidation sites excluding steroid dienone is 4. The van der Waals surface area contributed by atoms with Gasteiger partial charge in [0.2, 0.25) is 0 Å². The van der Waals surface area contributed by atoms with Gasteiger partial charge in [0, 0.05) is 25.9 Å². The Morgan fingerprint density at radius 2 is 0.808 bits per heavy atom. The van der Waals surface area contributed by atoms with Crippen molar-refractivity contribution in [1.82, 2.24) is 10.6 Å². The Balaban J connectivity index is 4.38. The van der Waals surface area contributed by atoms with Gasteiger partial charge in [-0.3, -0.25) is 15.1 Å². The highest BCUT2D eigenvalue weighted by molar-refractivity contribution is 5.68. The third kappa shape index (κ3) is 29.2. The van der Waals surface area contributed by atoms with Crippen LogP contribution in [0.25, 0.3) is 0 Å². The van der Waals surface area contributed by atoms with Crippen LogP contribution in [0.5, 0.6) is 0 Å². The fourth-order valence-corrected chi connectivity index (χ4v) is 7.93. The summed E-state index contributed by atoms with van der Waals surface area (Å²) in [5.41, 5.74) is 0. The van der Waals surface area contributed by atoms with Gasteiger partial charge in [-0.25, -0.2) is 4.79 Å². The second kappa shape index (κ2) is 39.5. The lowest BCUT2D eigenvalue weighted by atomic mass is 10.1. The highest BCUT2D eigenvalue weighted by Crippen LogP contribution is 2.22. The molecular formula is C46H92N3O3+. The number of quaternary nitrogens is 1. The average molecular weight is 735 g/mol. The lowest BCUT2D eigenvalue weighted by Crippen LogP contribution is -2.71. The molecule has 0 saturated carbocycles. The first kappa shape index (κ1) is 50.8. The molecule has 0 fully saturated rings. The van der Waals surface area contributed by atoms with Crippen molar-refractivity contribution in [3.8, 4) is 0 Å². The maximum absolute atomic E-state index is 12.2. The van der Waals surface area contributed by atoms with E-state index in [4.69, 9.17) is 0 Å². The molecule has 6 nitrogen and oxygen atoms in total. The maximum Gasteiger partial charge on any atom is 0.359 e. The molecule has 0 aliphatic heterocycles. The fourth-order valence-electron chi connectivity index (χ4n) is 7.93. The van der Waals surface area contributed by atoms with E-state index in [2.05, 4.69) is 62.6 Å². The summed E-state index contributed by atoms with van der Waals surface area (Å²) >= 11 is 0. The number of unbranched alkanes of at least 4 members (excludes halogenated alkanes) is 24. The molecule has 52 heavy (non-hydrogen) atoms. The van der Waals surface area contributed by atoms with E-state index < -0.39 is 5.97 Å². The third-order valence-electron chi connectivity index (χ3n) is 11.1. The zero-order chi connectivity index (χ0) is 38.2. The van der Waals surface area contributed by atoms with E-state index >= 15 is 0 Å². The Bertz CT molecular complexity index is 750. The first-order chi connectivity index (χ1) is 25.5. The number of carboxylic acids is 1. The summed E-state index contributed by atoms with van der Waals surface area (Å²) in [6, 6.07) is 0. The fraction of sp³-hybridized carbons (Fsp3) is 0.891. The van der Waals surface area contributed by atoms with Crippen molar-refractivity contribution in [3.05, 3.63) is 24.3 Å². The lowest BCUT2D eigenvalue weighted by Gasteiger charge is -2.49. The number of hydrogen-bond acceptors (Lipinski definition) is 4. The molecule has 308 valence electrons. The largest absolute Gasteiger partial charge is 0.477 e. The number of carbonyl (C=O) groups is 1. The van der Waals surface area contributed by atoms with Crippen LogP contribution >= 0.6 is 0 Å². The molecule has 0 aromatic heterocycles. The van der Waals surface area contributed by atoms with Gasteiger partial charge in [0.05, 0.1) is 6.61 Å². The summed E-state index contributed by atoms with van der Waals surface area (Å²) < 4.78 is 0.359. The highest BCUT2D eigenvalue weighted by atomic mass is 16.4. The van der Waals surface area contributed by atoms with Gasteiger partial charge in [-0.2, -0.15) is 0 Å².